The SMILES string of the molecule is CC(C)(O)c1cnnn1[C@H]1C[C@@H](C(=O)NC2(C(O)C(N)=O)CCCCC2)N(C(=O)[C@@H](CNC(=O)O)NC(=O)O)C1. The fraction of sp³-hybridized carbons (Fsp3) is 0.696. The van der Waals surface area contributed by atoms with E-state index in [1.165, 1.54) is 24.7 Å². The summed E-state index contributed by atoms with van der Waals surface area (Å²) in [7, 11) is 0. The fourth-order valence-corrected chi connectivity index (χ4v) is 5.42. The zero-order valence-electron chi connectivity index (χ0n) is 22.2. The first-order valence-corrected chi connectivity index (χ1v) is 12.9. The number of hydrogen-bond donors (Lipinski definition) is 8. The molecule has 2 aliphatic rings. The Hall–Kier alpha value is -3.99. The minimum atomic E-state index is -1.68. The van der Waals surface area contributed by atoms with Gasteiger partial charge in [-0.15, -0.1) is 5.10 Å². The molecule has 2 heterocycles. The van der Waals surface area contributed by atoms with Gasteiger partial charge in [0.15, 0.2) is 6.10 Å². The molecular weight excluding hydrogens is 532 g/mol. The van der Waals surface area contributed by atoms with Crippen molar-refractivity contribution in [2.75, 3.05) is 13.1 Å². The summed E-state index contributed by atoms with van der Waals surface area (Å²) < 4.78 is 1.37. The van der Waals surface area contributed by atoms with Gasteiger partial charge in [-0.1, -0.05) is 24.5 Å². The van der Waals surface area contributed by atoms with Crippen molar-refractivity contribution in [2.24, 2.45) is 5.73 Å². The van der Waals surface area contributed by atoms with Crippen molar-refractivity contribution in [3.63, 3.8) is 0 Å². The van der Waals surface area contributed by atoms with Crippen LogP contribution in [-0.4, -0.2) is 107 Å². The first-order chi connectivity index (χ1) is 18.7. The highest BCUT2D eigenvalue weighted by molar-refractivity contribution is 5.93. The molecule has 1 aliphatic heterocycles. The highest BCUT2D eigenvalue weighted by atomic mass is 16.4. The summed E-state index contributed by atoms with van der Waals surface area (Å²) in [5, 5.41) is 54.0. The number of carbonyl (C=O) groups is 5. The molecule has 17 heteroatoms. The molecule has 17 nitrogen and oxygen atoms in total. The lowest BCUT2D eigenvalue weighted by Crippen LogP contribution is -2.64. The number of nitrogens with one attached hydrogen (secondary N) is 3. The molecule has 5 amide bonds. The van der Waals surface area contributed by atoms with Crippen LogP contribution in [0, 0.1) is 0 Å². The fourth-order valence-electron chi connectivity index (χ4n) is 5.42. The number of carbonyl (C=O) groups excluding carboxylic acids is 3. The maximum Gasteiger partial charge on any atom is 0.405 e. The number of amides is 5. The van der Waals surface area contributed by atoms with Gasteiger partial charge >= 0.3 is 12.2 Å². The Balaban J connectivity index is 1.97. The Labute approximate surface area is 229 Å². The van der Waals surface area contributed by atoms with Crippen LogP contribution < -0.4 is 21.7 Å². The maximum atomic E-state index is 13.8. The van der Waals surface area contributed by atoms with E-state index in [0.717, 1.165) is 11.3 Å². The summed E-state index contributed by atoms with van der Waals surface area (Å²) in [6.07, 6.45) is -0.885. The van der Waals surface area contributed by atoms with Gasteiger partial charge in [0.1, 0.15) is 17.7 Å². The third kappa shape index (κ3) is 6.77. The summed E-state index contributed by atoms with van der Waals surface area (Å²) in [4.78, 5) is 62.8. The van der Waals surface area contributed by atoms with Gasteiger partial charge < -0.3 is 47.0 Å². The van der Waals surface area contributed by atoms with Crippen molar-refractivity contribution in [3.05, 3.63) is 11.9 Å². The topological polar surface area (TPSA) is 262 Å². The highest BCUT2D eigenvalue weighted by Gasteiger charge is 2.49. The van der Waals surface area contributed by atoms with Crippen LogP contribution >= 0.6 is 0 Å². The van der Waals surface area contributed by atoms with E-state index in [9.17, 15) is 39.3 Å². The minimum Gasteiger partial charge on any atom is -0.465 e. The number of aromatic nitrogens is 3. The zero-order valence-corrected chi connectivity index (χ0v) is 22.2. The number of aliphatic hydroxyl groups excluding tert-OH is 1. The van der Waals surface area contributed by atoms with Crippen LogP contribution in [0.5, 0.6) is 0 Å². The predicted molar refractivity (Wildman–Crippen MR) is 135 cm³/mol. The Morgan fingerprint density at radius 2 is 1.80 bits per heavy atom. The molecule has 2 fully saturated rings. The van der Waals surface area contributed by atoms with Crippen molar-refractivity contribution >= 4 is 29.9 Å². The molecule has 1 aromatic heterocycles. The molecule has 0 spiro atoms. The van der Waals surface area contributed by atoms with Crippen LogP contribution in [0.2, 0.25) is 0 Å². The summed E-state index contributed by atoms with van der Waals surface area (Å²) in [6.45, 7) is 2.23. The van der Waals surface area contributed by atoms with Crippen molar-refractivity contribution in [3.8, 4) is 0 Å². The van der Waals surface area contributed by atoms with Crippen LogP contribution in [-0.2, 0) is 20.0 Å². The van der Waals surface area contributed by atoms with Crippen LogP contribution in [0.3, 0.4) is 0 Å². The number of likely N-dealkylation sites (tertiary alicyclic amines) is 1. The van der Waals surface area contributed by atoms with E-state index in [4.69, 9.17) is 10.8 Å². The van der Waals surface area contributed by atoms with Crippen LogP contribution in [0.25, 0.3) is 0 Å². The van der Waals surface area contributed by atoms with E-state index in [1.807, 2.05) is 10.6 Å². The second-order valence-corrected chi connectivity index (χ2v) is 10.7. The van der Waals surface area contributed by atoms with Gasteiger partial charge in [-0.05, 0) is 26.7 Å². The molecule has 0 aromatic carbocycles. The average molecular weight is 569 g/mol. The second-order valence-electron chi connectivity index (χ2n) is 10.7. The first-order valence-electron chi connectivity index (χ1n) is 12.9. The first kappa shape index (κ1) is 30.6. The number of aliphatic hydroxyl groups is 2. The molecule has 3 rings (SSSR count). The number of nitrogens with two attached hydrogens (primary N) is 1. The summed E-state index contributed by atoms with van der Waals surface area (Å²) in [5.41, 5.74) is 2.94. The van der Waals surface area contributed by atoms with Gasteiger partial charge in [-0.3, -0.25) is 14.4 Å². The van der Waals surface area contributed by atoms with Gasteiger partial charge in [0, 0.05) is 13.0 Å². The molecular formula is C23H36N8O9. The van der Waals surface area contributed by atoms with Crippen molar-refractivity contribution in [1.82, 2.24) is 35.8 Å². The van der Waals surface area contributed by atoms with E-state index in [-0.39, 0.29) is 25.8 Å². The van der Waals surface area contributed by atoms with Crippen LogP contribution in [0.15, 0.2) is 6.20 Å². The van der Waals surface area contributed by atoms with E-state index in [1.54, 1.807) is 0 Å². The summed E-state index contributed by atoms with van der Waals surface area (Å²) in [6, 6.07) is -3.50. The Morgan fingerprint density at radius 1 is 1.15 bits per heavy atom. The van der Waals surface area contributed by atoms with E-state index < -0.39 is 71.8 Å². The quantitative estimate of drug-likeness (QED) is 0.156. The molecule has 1 saturated heterocycles. The lowest BCUT2D eigenvalue weighted by molar-refractivity contribution is -0.143. The summed E-state index contributed by atoms with van der Waals surface area (Å²) >= 11 is 0. The van der Waals surface area contributed by atoms with Gasteiger partial charge in [0.25, 0.3) is 0 Å². The van der Waals surface area contributed by atoms with Gasteiger partial charge in [-0.2, -0.15) is 0 Å². The lowest BCUT2D eigenvalue weighted by Gasteiger charge is -2.41. The molecule has 9 N–H and O–H groups in total. The molecule has 0 radical (unpaired) electrons. The lowest BCUT2D eigenvalue weighted by atomic mass is 9.77. The van der Waals surface area contributed by atoms with E-state index >= 15 is 0 Å². The second kappa shape index (κ2) is 12.0. The van der Waals surface area contributed by atoms with Gasteiger partial charge in [-0.25, -0.2) is 14.3 Å². The monoisotopic (exact) mass is 568 g/mol. The standard InChI is InChI=1S/C23H36N8O9/c1-22(2,40)15-10-26-29-31(15)12-8-14(18(34)28-23(16(32)17(24)33)6-4-3-5-7-23)30(11-12)19(35)13(27-21(38)39)9-25-20(36)37/h10,12-14,16,25,27,32,40H,3-9,11H2,1-2H3,(H2,24,33)(H,28,34)(H,36,37)(H,38,39)/t12-,13+,14-,16?/m0/s1. The number of carboxylic acid groups (broad SMARTS) is 2. The highest BCUT2D eigenvalue weighted by Crippen LogP contribution is 2.35. The largest absolute Gasteiger partial charge is 0.465 e. The number of rotatable bonds is 10. The van der Waals surface area contributed by atoms with Crippen LogP contribution in [0.4, 0.5) is 9.59 Å². The zero-order chi connectivity index (χ0) is 29.8. The molecule has 222 valence electrons. The number of nitrogens with zero attached hydrogens (tertiary/aromatic N) is 4. The number of hydrogen-bond acceptors (Lipinski definition) is 9. The van der Waals surface area contributed by atoms with Crippen molar-refractivity contribution in [1.29, 1.82) is 0 Å². The molecule has 1 saturated carbocycles. The van der Waals surface area contributed by atoms with Crippen molar-refractivity contribution < 1.29 is 44.4 Å². The third-order valence-corrected chi connectivity index (χ3v) is 7.38. The Bertz CT molecular complexity index is 1130. The number of primary amides is 1. The third-order valence-electron chi connectivity index (χ3n) is 7.38. The smallest absolute Gasteiger partial charge is 0.405 e. The molecule has 1 aliphatic carbocycles. The predicted octanol–water partition coefficient (Wildman–Crippen LogP) is -1.78. The molecule has 0 bridgehead atoms. The molecule has 1 unspecified atom stereocenters. The summed E-state index contributed by atoms with van der Waals surface area (Å²) in [5.74, 6) is -2.62. The molecule has 1 aromatic rings. The van der Waals surface area contributed by atoms with Gasteiger partial charge in [0.05, 0.1) is 30.0 Å². The molecule has 4 atom stereocenters. The minimum absolute atomic E-state index is 0.0427. The van der Waals surface area contributed by atoms with Crippen molar-refractivity contribution in [2.45, 2.75) is 87.7 Å². The van der Waals surface area contributed by atoms with E-state index in [0.29, 0.717) is 18.5 Å². The van der Waals surface area contributed by atoms with E-state index in [2.05, 4.69) is 15.6 Å². The maximum absolute atomic E-state index is 13.8. The van der Waals surface area contributed by atoms with Crippen LogP contribution in [0.1, 0.15) is 64.1 Å². The molecule has 40 heavy (non-hydrogen) atoms. The van der Waals surface area contributed by atoms with Gasteiger partial charge in [0.2, 0.25) is 17.7 Å². The Morgan fingerprint density at radius 3 is 2.35 bits per heavy atom. The normalized spacial score (nSPS) is 22.1. The Kier molecular flexibility index (Phi) is 9.19. The average Bonchev–Trinajstić information content (AvgIpc) is 3.53.